The minimum absolute atomic E-state index is 0.0521. The molecule has 1 aliphatic carbocycles. The predicted octanol–water partition coefficient (Wildman–Crippen LogP) is 2.01. The molecule has 8 nitrogen and oxygen atoms in total. The molecular formula is C20H27N3O5S. The second kappa shape index (κ2) is 8.31. The molecule has 0 spiro atoms. The van der Waals surface area contributed by atoms with E-state index in [4.69, 9.17) is 4.74 Å². The molecule has 0 bridgehead atoms. The number of nitrogens with one attached hydrogen (secondary N) is 2. The Hall–Kier alpha value is -2.13. The second-order valence-electron chi connectivity index (χ2n) is 7.97. The van der Waals surface area contributed by atoms with E-state index in [-0.39, 0.29) is 29.4 Å². The first-order chi connectivity index (χ1) is 13.9. The molecule has 2 heterocycles. The number of ether oxygens (including phenoxy) is 1. The summed E-state index contributed by atoms with van der Waals surface area (Å²) in [6, 6.07) is 3.85. The Kier molecular flexibility index (Phi) is 5.78. The molecule has 158 valence electrons. The van der Waals surface area contributed by atoms with Crippen LogP contribution in [0.2, 0.25) is 0 Å². The number of benzene rings is 1. The van der Waals surface area contributed by atoms with E-state index >= 15 is 0 Å². The van der Waals surface area contributed by atoms with E-state index < -0.39 is 16.1 Å². The Morgan fingerprint density at radius 2 is 1.86 bits per heavy atom. The summed E-state index contributed by atoms with van der Waals surface area (Å²) < 4.78 is 33.1. The summed E-state index contributed by atoms with van der Waals surface area (Å²) in [6.45, 7) is 0.222. The molecule has 9 heteroatoms. The zero-order chi connectivity index (χ0) is 20.4. The van der Waals surface area contributed by atoms with Crippen LogP contribution in [0.15, 0.2) is 23.1 Å². The highest BCUT2D eigenvalue weighted by atomic mass is 32.2. The lowest BCUT2D eigenvalue weighted by Gasteiger charge is -2.26. The summed E-state index contributed by atoms with van der Waals surface area (Å²) in [5.74, 6) is -0.0888. The summed E-state index contributed by atoms with van der Waals surface area (Å²) in [5, 5.41) is 5.72. The number of sulfonamides is 1. The van der Waals surface area contributed by atoms with E-state index in [1.807, 2.05) is 0 Å². The Balaban J connectivity index is 1.52. The fraction of sp³-hybridized carbons (Fsp3) is 0.600. The number of carbonyl (C=O) groups is 2. The van der Waals surface area contributed by atoms with Crippen molar-refractivity contribution in [3.05, 3.63) is 18.2 Å². The van der Waals surface area contributed by atoms with Crippen LogP contribution in [0.25, 0.3) is 0 Å². The maximum Gasteiger partial charge on any atom is 0.262 e. The molecule has 2 fully saturated rings. The van der Waals surface area contributed by atoms with Gasteiger partial charge >= 0.3 is 0 Å². The summed E-state index contributed by atoms with van der Waals surface area (Å²) in [7, 11) is -3.87. The maximum absolute atomic E-state index is 13.3. The third-order valence-corrected chi connectivity index (χ3v) is 7.80. The molecule has 1 saturated carbocycles. The molecule has 1 aromatic rings. The van der Waals surface area contributed by atoms with Crippen LogP contribution in [-0.2, 0) is 19.6 Å². The molecular weight excluding hydrogens is 394 g/mol. The first kappa shape index (κ1) is 20.2. The highest BCUT2D eigenvalue weighted by Gasteiger charge is 2.40. The zero-order valence-corrected chi connectivity index (χ0v) is 17.2. The number of anilines is 1. The van der Waals surface area contributed by atoms with Crippen molar-refractivity contribution in [3.63, 3.8) is 0 Å². The molecule has 2 N–H and O–H groups in total. The minimum atomic E-state index is -3.87. The van der Waals surface area contributed by atoms with Crippen LogP contribution in [0.3, 0.4) is 0 Å². The normalized spacial score (nSPS) is 23.6. The molecule has 0 aromatic heterocycles. The lowest BCUT2D eigenvalue weighted by Crippen LogP contribution is -2.48. The van der Waals surface area contributed by atoms with Gasteiger partial charge in [-0.3, -0.25) is 9.59 Å². The van der Waals surface area contributed by atoms with Gasteiger partial charge in [0.25, 0.3) is 5.91 Å². The van der Waals surface area contributed by atoms with Crippen LogP contribution in [0.1, 0.15) is 51.4 Å². The number of hydrogen-bond donors (Lipinski definition) is 2. The van der Waals surface area contributed by atoms with Gasteiger partial charge in [0, 0.05) is 12.6 Å². The largest absolute Gasteiger partial charge is 0.482 e. The molecule has 0 unspecified atom stereocenters. The second-order valence-corrected chi connectivity index (χ2v) is 9.86. The molecule has 3 aliphatic rings. The standard InChI is InChI=1S/C20H27N3O5S/c24-19-13-28-18-10-9-15(12-16(18)22-19)29(26,27)23-11-5-8-17(23)20(25)21-14-6-3-1-2-4-7-14/h9-10,12,14,17H,1-8,11,13H2,(H,21,25)(H,22,24)/t17-/m1/s1. The van der Waals surface area contributed by atoms with Crippen molar-refractivity contribution in [3.8, 4) is 5.75 Å². The molecule has 2 aliphatic heterocycles. The Morgan fingerprint density at radius 3 is 2.62 bits per heavy atom. The summed E-state index contributed by atoms with van der Waals surface area (Å²) >= 11 is 0. The molecule has 1 saturated heterocycles. The fourth-order valence-corrected chi connectivity index (χ4v) is 6.05. The Bertz CT molecular complexity index is 893. The number of carbonyl (C=O) groups excluding carboxylic acids is 2. The number of amides is 2. The Morgan fingerprint density at radius 1 is 1.10 bits per heavy atom. The summed E-state index contributed by atoms with van der Waals surface area (Å²) in [4.78, 5) is 24.5. The van der Waals surface area contributed by atoms with Gasteiger partial charge in [0.1, 0.15) is 11.8 Å². The first-order valence-corrected chi connectivity index (χ1v) is 11.8. The van der Waals surface area contributed by atoms with Crippen LogP contribution < -0.4 is 15.4 Å². The van der Waals surface area contributed by atoms with Gasteiger partial charge in [-0.2, -0.15) is 4.31 Å². The maximum atomic E-state index is 13.3. The first-order valence-electron chi connectivity index (χ1n) is 10.3. The molecule has 1 aromatic carbocycles. The predicted molar refractivity (Wildman–Crippen MR) is 107 cm³/mol. The van der Waals surface area contributed by atoms with Crippen molar-refractivity contribution in [1.82, 2.24) is 9.62 Å². The van der Waals surface area contributed by atoms with Gasteiger partial charge in [0.2, 0.25) is 15.9 Å². The Labute approximate surface area is 171 Å². The van der Waals surface area contributed by atoms with Crippen molar-refractivity contribution < 1.29 is 22.7 Å². The van der Waals surface area contributed by atoms with Crippen molar-refractivity contribution in [2.24, 2.45) is 0 Å². The van der Waals surface area contributed by atoms with Crippen LogP contribution in [0, 0.1) is 0 Å². The molecule has 29 heavy (non-hydrogen) atoms. The lowest BCUT2D eigenvalue weighted by molar-refractivity contribution is -0.125. The van der Waals surface area contributed by atoms with Crippen LogP contribution in [-0.4, -0.2) is 49.8 Å². The van der Waals surface area contributed by atoms with E-state index in [1.165, 1.54) is 29.3 Å². The number of rotatable bonds is 4. The highest BCUT2D eigenvalue weighted by Crippen LogP contribution is 2.33. The average molecular weight is 422 g/mol. The average Bonchev–Trinajstić information content (AvgIpc) is 3.08. The van der Waals surface area contributed by atoms with Gasteiger partial charge in [-0.1, -0.05) is 25.7 Å². The number of fused-ring (bicyclic) bond motifs is 1. The monoisotopic (exact) mass is 421 g/mol. The van der Waals surface area contributed by atoms with Crippen LogP contribution >= 0.6 is 0 Å². The minimum Gasteiger partial charge on any atom is -0.482 e. The smallest absolute Gasteiger partial charge is 0.262 e. The third-order valence-electron chi connectivity index (χ3n) is 5.90. The lowest BCUT2D eigenvalue weighted by atomic mass is 10.1. The SMILES string of the molecule is O=C1COc2ccc(S(=O)(=O)N3CCC[C@@H]3C(=O)NC3CCCCCC3)cc2N1. The highest BCUT2D eigenvalue weighted by molar-refractivity contribution is 7.89. The van der Waals surface area contributed by atoms with Crippen molar-refractivity contribution in [1.29, 1.82) is 0 Å². The molecule has 4 rings (SSSR count). The molecule has 1 atom stereocenters. The van der Waals surface area contributed by atoms with Crippen molar-refractivity contribution in [2.45, 2.75) is 68.3 Å². The van der Waals surface area contributed by atoms with Gasteiger partial charge in [0.15, 0.2) is 6.61 Å². The topological polar surface area (TPSA) is 105 Å². The van der Waals surface area contributed by atoms with Gasteiger partial charge in [-0.25, -0.2) is 8.42 Å². The van der Waals surface area contributed by atoms with Gasteiger partial charge < -0.3 is 15.4 Å². The number of nitrogens with zero attached hydrogens (tertiary/aromatic N) is 1. The zero-order valence-electron chi connectivity index (χ0n) is 16.4. The van der Waals surface area contributed by atoms with Crippen LogP contribution in [0.4, 0.5) is 5.69 Å². The van der Waals surface area contributed by atoms with Gasteiger partial charge in [0.05, 0.1) is 10.6 Å². The third kappa shape index (κ3) is 4.25. The fourth-order valence-electron chi connectivity index (χ4n) is 4.37. The van der Waals surface area contributed by atoms with E-state index in [0.717, 1.165) is 25.7 Å². The van der Waals surface area contributed by atoms with Crippen molar-refractivity contribution in [2.75, 3.05) is 18.5 Å². The van der Waals surface area contributed by atoms with E-state index in [9.17, 15) is 18.0 Å². The molecule has 0 radical (unpaired) electrons. The van der Waals surface area contributed by atoms with E-state index in [2.05, 4.69) is 10.6 Å². The van der Waals surface area contributed by atoms with E-state index in [0.29, 0.717) is 30.8 Å². The number of hydrogen-bond acceptors (Lipinski definition) is 5. The van der Waals surface area contributed by atoms with Crippen LogP contribution in [0.5, 0.6) is 5.75 Å². The summed E-state index contributed by atoms with van der Waals surface area (Å²) in [5.41, 5.74) is 0.334. The van der Waals surface area contributed by atoms with E-state index in [1.54, 1.807) is 6.07 Å². The quantitative estimate of drug-likeness (QED) is 0.724. The summed E-state index contributed by atoms with van der Waals surface area (Å²) in [6.07, 6.45) is 7.64. The van der Waals surface area contributed by atoms with Crippen molar-refractivity contribution >= 4 is 27.5 Å². The van der Waals surface area contributed by atoms with Gasteiger partial charge in [-0.05, 0) is 43.9 Å². The van der Waals surface area contributed by atoms with Gasteiger partial charge in [-0.15, -0.1) is 0 Å². The molecule has 2 amide bonds.